The molecule has 0 radical (unpaired) electrons. The number of aliphatic hydroxyl groups excluding tert-OH is 1. The molecular weight excluding hydrogens is 454 g/mol. The highest BCUT2D eigenvalue weighted by Gasteiger charge is 2.27. The Kier molecular flexibility index (Phi) is 6.06. The van der Waals surface area contributed by atoms with Crippen molar-refractivity contribution in [1.82, 2.24) is 15.0 Å². The minimum absolute atomic E-state index is 0.0935. The van der Waals surface area contributed by atoms with E-state index in [1.165, 1.54) is 11.1 Å². The summed E-state index contributed by atoms with van der Waals surface area (Å²) >= 11 is 7.75. The quantitative estimate of drug-likeness (QED) is 0.238. The second-order valence-corrected chi connectivity index (χ2v) is 9.43. The third-order valence-electron chi connectivity index (χ3n) is 5.62. The Labute approximate surface area is 201 Å². The van der Waals surface area contributed by atoms with Gasteiger partial charge in [-0.15, -0.1) is 11.8 Å². The molecule has 1 aliphatic heterocycles. The van der Waals surface area contributed by atoms with Crippen LogP contribution in [0.2, 0.25) is 5.02 Å². The molecule has 1 N–H and O–H groups in total. The van der Waals surface area contributed by atoms with Crippen LogP contribution in [0, 0.1) is 13.8 Å². The van der Waals surface area contributed by atoms with Crippen LogP contribution >= 0.6 is 23.4 Å². The molecule has 0 unspecified atom stereocenters. The van der Waals surface area contributed by atoms with Crippen LogP contribution in [0.4, 0.5) is 0 Å². The van der Waals surface area contributed by atoms with E-state index in [2.05, 4.69) is 36.2 Å². The first-order chi connectivity index (χ1) is 16.0. The molecule has 4 aromatic rings. The van der Waals surface area contributed by atoms with E-state index in [9.17, 15) is 5.11 Å². The summed E-state index contributed by atoms with van der Waals surface area (Å²) in [5.74, 6) is 2.57. The van der Waals surface area contributed by atoms with Crippen molar-refractivity contribution in [2.45, 2.75) is 37.7 Å². The van der Waals surface area contributed by atoms with E-state index >= 15 is 0 Å². The Balaban J connectivity index is 1.59. The van der Waals surface area contributed by atoms with Crippen LogP contribution in [0.5, 0.6) is 11.6 Å². The standard InChI is InChI=1S/C26H22ClN3O2S/c1-15-4-3-5-17(10-15)14-33-26-22-11-21-19(13-31)12-28-16(2)23(21)32-25(22)29-24(30-26)18-6-8-20(27)9-7-18/h3-10,12,31H,11,13-14H2,1-2H3. The van der Waals surface area contributed by atoms with Crippen LogP contribution in [0.25, 0.3) is 11.4 Å². The number of thioether (sulfide) groups is 1. The van der Waals surface area contributed by atoms with Crippen molar-refractivity contribution >= 4 is 23.4 Å². The maximum absolute atomic E-state index is 9.85. The van der Waals surface area contributed by atoms with E-state index in [0.29, 0.717) is 28.9 Å². The molecule has 2 aromatic carbocycles. The summed E-state index contributed by atoms with van der Waals surface area (Å²) in [6.07, 6.45) is 2.30. The van der Waals surface area contributed by atoms with Gasteiger partial charge >= 0.3 is 0 Å². The van der Waals surface area contributed by atoms with Gasteiger partial charge in [-0.05, 0) is 43.7 Å². The zero-order valence-corrected chi connectivity index (χ0v) is 19.9. The largest absolute Gasteiger partial charge is 0.436 e. The number of aryl methyl sites for hydroxylation is 2. The highest BCUT2D eigenvalue weighted by Crippen LogP contribution is 2.43. The molecule has 7 heteroatoms. The van der Waals surface area contributed by atoms with Gasteiger partial charge in [0.1, 0.15) is 5.03 Å². The lowest BCUT2D eigenvalue weighted by molar-refractivity contribution is 0.278. The normalized spacial score (nSPS) is 12.1. The van der Waals surface area contributed by atoms with E-state index in [0.717, 1.165) is 38.7 Å². The van der Waals surface area contributed by atoms with Crippen molar-refractivity contribution in [3.8, 4) is 23.0 Å². The van der Waals surface area contributed by atoms with Crippen molar-refractivity contribution < 1.29 is 9.84 Å². The molecular formula is C26H22ClN3O2S. The third kappa shape index (κ3) is 4.47. The number of nitrogens with zero attached hydrogens (tertiary/aromatic N) is 3. The van der Waals surface area contributed by atoms with E-state index < -0.39 is 0 Å². The van der Waals surface area contributed by atoms with Gasteiger partial charge in [-0.1, -0.05) is 41.4 Å². The molecule has 166 valence electrons. The number of rotatable bonds is 5. The number of hydrogen-bond donors (Lipinski definition) is 1. The number of hydrogen-bond acceptors (Lipinski definition) is 6. The molecule has 0 amide bonds. The van der Waals surface area contributed by atoms with Crippen molar-refractivity contribution in [3.05, 3.63) is 93.3 Å². The number of aliphatic hydroxyl groups is 1. The van der Waals surface area contributed by atoms with Gasteiger partial charge in [0.15, 0.2) is 11.6 Å². The summed E-state index contributed by atoms with van der Waals surface area (Å²) in [6, 6.07) is 16.0. The fourth-order valence-corrected chi connectivity index (χ4v) is 4.99. The second-order valence-electron chi connectivity index (χ2n) is 8.03. The van der Waals surface area contributed by atoms with Gasteiger partial charge < -0.3 is 9.84 Å². The third-order valence-corrected chi connectivity index (χ3v) is 6.96. The fraction of sp³-hybridized carbons (Fsp3) is 0.192. The first-order valence-corrected chi connectivity index (χ1v) is 12.0. The summed E-state index contributed by atoms with van der Waals surface area (Å²) in [5, 5.41) is 11.4. The number of fused-ring (bicyclic) bond motifs is 2. The van der Waals surface area contributed by atoms with Crippen molar-refractivity contribution in [3.63, 3.8) is 0 Å². The predicted molar refractivity (Wildman–Crippen MR) is 131 cm³/mol. The molecule has 3 heterocycles. The molecule has 5 rings (SSSR count). The lowest BCUT2D eigenvalue weighted by atomic mass is 9.99. The van der Waals surface area contributed by atoms with Crippen LogP contribution in [0.3, 0.4) is 0 Å². The van der Waals surface area contributed by atoms with Gasteiger partial charge in [-0.3, -0.25) is 4.98 Å². The maximum Gasteiger partial charge on any atom is 0.227 e. The summed E-state index contributed by atoms with van der Waals surface area (Å²) < 4.78 is 6.28. The van der Waals surface area contributed by atoms with Crippen LogP contribution in [0.1, 0.15) is 33.5 Å². The fourth-order valence-electron chi connectivity index (χ4n) is 3.89. The smallest absolute Gasteiger partial charge is 0.227 e. The van der Waals surface area contributed by atoms with Crippen LogP contribution in [0.15, 0.2) is 59.8 Å². The number of benzene rings is 2. The molecule has 0 saturated heterocycles. The van der Waals surface area contributed by atoms with E-state index in [1.54, 1.807) is 18.0 Å². The Morgan fingerprint density at radius 1 is 1.06 bits per heavy atom. The van der Waals surface area contributed by atoms with Gasteiger partial charge in [-0.2, -0.15) is 4.98 Å². The molecule has 33 heavy (non-hydrogen) atoms. The molecule has 0 saturated carbocycles. The van der Waals surface area contributed by atoms with Crippen LogP contribution < -0.4 is 4.74 Å². The number of ether oxygens (including phenoxy) is 1. The highest BCUT2D eigenvalue weighted by atomic mass is 35.5. The van der Waals surface area contributed by atoms with Crippen LogP contribution in [-0.4, -0.2) is 20.1 Å². The zero-order valence-electron chi connectivity index (χ0n) is 18.3. The molecule has 0 atom stereocenters. The Bertz CT molecular complexity index is 1340. The number of aromatic nitrogens is 3. The van der Waals surface area contributed by atoms with Crippen molar-refractivity contribution in [2.24, 2.45) is 0 Å². The minimum Gasteiger partial charge on any atom is -0.436 e. The molecule has 2 aromatic heterocycles. The Hall–Kier alpha value is -2.93. The van der Waals surface area contributed by atoms with Gasteiger partial charge in [0.2, 0.25) is 5.88 Å². The van der Waals surface area contributed by atoms with Gasteiger partial charge in [-0.25, -0.2) is 4.98 Å². The molecule has 1 aliphatic rings. The second kappa shape index (κ2) is 9.14. The molecule has 0 spiro atoms. The molecule has 0 fully saturated rings. The monoisotopic (exact) mass is 475 g/mol. The van der Waals surface area contributed by atoms with Gasteiger partial charge in [0, 0.05) is 40.1 Å². The summed E-state index contributed by atoms with van der Waals surface area (Å²) in [6.45, 7) is 3.90. The number of pyridine rings is 1. The molecule has 0 aliphatic carbocycles. The number of halogens is 1. The van der Waals surface area contributed by atoms with Crippen molar-refractivity contribution in [2.75, 3.05) is 0 Å². The van der Waals surface area contributed by atoms with E-state index in [-0.39, 0.29) is 6.61 Å². The molecule has 5 nitrogen and oxygen atoms in total. The average Bonchev–Trinajstić information content (AvgIpc) is 2.82. The first-order valence-electron chi connectivity index (χ1n) is 10.6. The van der Waals surface area contributed by atoms with Gasteiger partial charge in [0.25, 0.3) is 0 Å². The minimum atomic E-state index is -0.0935. The molecule has 0 bridgehead atoms. The summed E-state index contributed by atoms with van der Waals surface area (Å²) in [7, 11) is 0. The van der Waals surface area contributed by atoms with E-state index in [4.69, 9.17) is 26.3 Å². The van der Waals surface area contributed by atoms with E-state index in [1.807, 2.05) is 31.2 Å². The average molecular weight is 476 g/mol. The first kappa shape index (κ1) is 21.9. The predicted octanol–water partition coefficient (Wildman–Crippen LogP) is 6.29. The van der Waals surface area contributed by atoms with Gasteiger partial charge in [0.05, 0.1) is 17.9 Å². The zero-order chi connectivity index (χ0) is 22.9. The maximum atomic E-state index is 9.85. The summed E-state index contributed by atoms with van der Waals surface area (Å²) in [4.78, 5) is 14.1. The Morgan fingerprint density at radius 3 is 2.64 bits per heavy atom. The lowest BCUT2D eigenvalue weighted by Crippen LogP contribution is -2.13. The SMILES string of the molecule is Cc1cccc(CSc2nc(-c3ccc(Cl)cc3)nc3c2Cc2c(CO)cnc(C)c2O3)c1. The van der Waals surface area contributed by atoms with Crippen molar-refractivity contribution in [1.29, 1.82) is 0 Å². The lowest BCUT2D eigenvalue weighted by Gasteiger charge is -2.24. The highest BCUT2D eigenvalue weighted by molar-refractivity contribution is 7.98. The Morgan fingerprint density at radius 2 is 1.88 bits per heavy atom. The summed E-state index contributed by atoms with van der Waals surface area (Å²) in [5.41, 5.74) is 6.73. The van der Waals surface area contributed by atoms with Crippen LogP contribution in [-0.2, 0) is 18.8 Å². The topological polar surface area (TPSA) is 68.1 Å².